The number of hydrogen-bond donors (Lipinski definition) is 3. The summed E-state index contributed by atoms with van der Waals surface area (Å²) in [5.41, 5.74) is 0.694. The van der Waals surface area contributed by atoms with Crippen molar-refractivity contribution in [1.82, 2.24) is 16.0 Å². The van der Waals surface area contributed by atoms with Gasteiger partial charge in [0.2, 0.25) is 5.91 Å². The molecule has 1 aromatic rings. The maximum absolute atomic E-state index is 13.5. The normalized spacial score (nSPS) is 15.6. The lowest BCUT2D eigenvalue weighted by Crippen LogP contribution is -2.45. The molecule has 2 rings (SSSR count). The molecule has 1 aromatic carbocycles. The van der Waals surface area contributed by atoms with Crippen molar-refractivity contribution in [3.05, 3.63) is 35.6 Å². The van der Waals surface area contributed by atoms with Crippen LogP contribution in [0.5, 0.6) is 0 Å². The number of hydrogen-bond acceptors (Lipinski definition) is 2. The first-order valence-electron chi connectivity index (χ1n) is 9.88. The Kier molecular flexibility index (Phi) is 8.07. The van der Waals surface area contributed by atoms with Crippen LogP contribution in [0, 0.1) is 11.7 Å². The second kappa shape index (κ2) is 10.3. The van der Waals surface area contributed by atoms with Crippen LogP contribution in [-0.2, 0) is 10.2 Å². The van der Waals surface area contributed by atoms with Crippen molar-refractivity contribution in [3.8, 4) is 0 Å². The average Bonchev–Trinajstić information content (AvgIpc) is 3.14. The molecule has 1 amide bonds. The minimum absolute atomic E-state index is 0.138. The molecule has 0 spiro atoms. The Morgan fingerprint density at radius 1 is 1.19 bits per heavy atom. The number of rotatable bonds is 8. The third-order valence-electron chi connectivity index (χ3n) is 5.22. The van der Waals surface area contributed by atoms with E-state index in [0.717, 1.165) is 5.56 Å². The van der Waals surface area contributed by atoms with E-state index in [-0.39, 0.29) is 17.1 Å². The quantitative estimate of drug-likeness (QED) is 0.371. The number of halogens is 1. The van der Waals surface area contributed by atoms with Gasteiger partial charge in [0.15, 0.2) is 5.96 Å². The van der Waals surface area contributed by atoms with Gasteiger partial charge in [-0.3, -0.25) is 9.79 Å². The first-order chi connectivity index (χ1) is 12.9. The van der Waals surface area contributed by atoms with Gasteiger partial charge in [0.05, 0.1) is 0 Å². The molecule has 5 nitrogen and oxygen atoms in total. The summed E-state index contributed by atoms with van der Waals surface area (Å²) < 4.78 is 13.5. The van der Waals surface area contributed by atoms with E-state index < -0.39 is 0 Å². The minimum Gasteiger partial charge on any atom is -0.356 e. The van der Waals surface area contributed by atoms with Gasteiger partial charge in [0.1, 0.15) is 5.82 Å². The first-order valence-corrected chi connectivity index (χ1v) is 9.88. The van der Waals surface area contributed by atoms with Crippen LogP contribution in [0.2, 0.25) is 0 Å². The fourth-order valence-corrected chi connectivity index (χ4v) is 3.47. The summed E-state index contributed by atoms with van der Waals surface area (Å²) in [5.74, 6) is 1.15. The van der Waals surface area contributed by atoms with E-state index in [1.54, 1.807) is 19.2 Å². The lowest BCUT2D eigenvalue weighted by molar-refractivity contribution is -0.121. The summed E-state index contributed by atoms with van der Waals surface area (Å²) in [6.45, 7) is 5.91. The predicted octanol–water partition coefficient (Wildman–Crippen LogP) is 2.96. The standard InChI is InChI=1S/C21H33FN4O/c1-21(2,17-9-6-10-18(22)14-17)15-26-20(23-3)25-12-11-24-19(27)13-16-7-4-5-8-16/h6,9-10,14,16H,4-5,7-8,11-13,15H2,1-3H3,(H,24,27)(H2,23,25,26). The van der Waals surface area contributed by atoms with Crippen molar-refractivity contribution in [1.29, 1.82) is 0 Å². The molecule has 6 heteroatoms. The molecule has 0 atom stereocenters. The number of amides is 1. The van der Waals surface area contributed by atoms with Gasteiger partial charge in [-0.05, 0) is 36.5 Å². The zero-order valence-corrected chi connectivity index (χ0v) is 16.8. The van der Waals surface area contributed by atoms with Crippen LogP contribution < -0.4 is 16.0 Å². The number of nitrogens with one attached hydrogen (secondary N) is 3. The van der Waals surface area contributed by atoms with Gasteiger partial charge >= 0.3 is 0 Å². The van der Waals surface area contributed by atoms with Crippen LogP contribution in [0.3, 0.4) is 0 Å². The first kappa shape index (κ1) is 21.2. The number of benzene rings is 1. The zero-order valence-electron chi connectivity index (χ0n) is 16.8. The molecule has 0 saturated heterocycles. The molecule has 1 fully saturated rings. The molecule has 0 radical (unpaired) electrons. The Hall–Kier alpha value is -2.11. The molecule has 150 valence electrons. The smallest absolute Gasteiger partial charge is 0.220 e. The highest BCUT2D eigenvalue weighted by molar-refractivity contribution is 5.80. The van der Waals surface area contributed by atoms with E-state index in [1.165, 1.54) is 31.7 Å². The SMILES string of the molecule is CN=C(NCCNC(=O)CC1CCCC1)NCC(C)(C)c1cccc(F)c1. The second-order valence-corrected chi connectivity index (χ2v) is 7.95. The van der Waals surface area contributed by atoms with Crippen LogP contribution in [0.25, 0.3) is 0 Å². The van der Waals surface area contributed by atoms with Crippen molar-refractivity contribution >= 4 is 11.9 Å². The van der Waals surface area contributed by atoms with E-state index in [1.807, 2.05) is 6.07 Å². The van der Waals surface area contributed by atoms with E-state index in [0.29, 0.717) is 37.9 Å². The fraction of sp³-hybridized carbons (Fsp3) is 0.619. The lowest BCUT2D eigenvalue weighted by Gasteiger charge is -2.27. The Labute approximate surface area is 162 Å². The van der Waals surface area contributed by atoms with Gasteiger partial charge in [-0.15, -0.1) is 0 Å². The topological polar surface area (TPSA) is 65.5 Å². The largest absolute Gasteiger partial charge is 0.356 e. The predicted molar refractivity (Wildman–Crippen MR) is 108 cm³/mol. The summed E-state index contributed by atoms with van der Waals surface area (Å²) in [7, 11) is 1.71. The number of aliphatic imine (C=N–C) groups is 1. The molecule has 0 unspecified atom stereocenters. The van der Waals surface area contributed by atoms with Gasteiger partial charge in [0.25, 0.3) is 0 Å². The molecule has 1 aliphatic carbocycles. The Bertz CT molecular complexity index is 639. The van der Waals surface area contributed by atoms with E-state index >= 15 is 0 Å². The third kappa shape index (κ3) is 7.19. The number of guanidine groups is 1. The van der Waals surface area contributed by atoms with Crippen LogP contribution in [0.15, 0.2) is 29.3 Å². The van der Waals surface area contributed by atoms with Crippen molar-refractivity contribution in [3.63, 3.8) is 0 Å². The third-order valence-corrected chi connectivity index (χ3v) is 5.22. The second-order valence-electron chi connectivity index (χ2n) is 7.95. The maximum atomic E-state index is 13.5. The van der Waals surface area contributed by atoms with Crippen LogP contribution in [0.4, 0.5) is 4.39 Å². The fourth-order valence-electron chi connectivity index (χ4n) is 3.47. The minimum atomic E-state index is -0.241. The molecule has 0 heterocycles. The Morgan fingerprint density at radius 3 is 2.56 bits per heavy atom. The van der Waals surface area contributed by atoms with Crippen molar-refractivity contribution < 1.29 is 9.18 Å². The molecule has 0 aromatic heterocycles. The summed E-state index contributed by atoms with van der Waals surface area (Å²) >= 11 is 0. The summed E-state index contributed by atoms with van der Waals surface area (Å²) in [6, 6.07) is 6.68. The van der Waals surface area contributed by atoms with Crippen LogP contribution in [0.1, 0.15) is 51.5 Å². The molecule has 27 heavy (non-hydrogen) atoms. The molecular formula is C21H33FN4O. The van der Waals surface area contributed by atoms with Gasteiger partial charge < -0.3 is 16.0 Å². The van der Waals surface area contributed by atoms with Crippen molar-refractivity contribution in [2.45, 2.75) is 51.4 Å². The highest BCUT2D eigenvalue weighted by Crippen LogP contribution is 2.27. The van der Waals surface area contributed by atoms with Gasteiger partial charge in [-0.25, -0.2) is 4.39 Å². The summed E-state index contributed by atoms with van der Waals surface area (Å²) in [6.07, 6.45) is 5.53. The molecular weight excluding hydrogens is 343 g/mol. The maximum Gasteiger partial charge on any atom is 0.220 e. The highest BCUT2D eigenvalue weighted by atomic mass is 19.1. The van der Waals surface area contributed by atoms with Gasteiger partial charge in [-0.2, -0.15) is 0 Å². The average molecular weight is 377 g/mol. The Morgan fingerprint density at radius 2 is 1.89 bits per heavy atom. The number of carbonyl (C=O) groups excluding carboxylic acids is 1. The van der Waals surface area contributed by atoms with E-state index in [2.05, 4.69) is 34.8 Å². The zero-order chi connectivity index (χ0) is 19.7. The summed E-state index contributed by atoms with van der Waals surface area (Å²) in [5, 5.41) is 9.45. The van der Waals surface area contributed by atoms with E-state index in [4.69, 9.17) is 0 Å². The van der Waals surface area contributed by atoms with Crippen LogP contribution in [-0.4, -0.2) is 38.5 Å². The molecule has 1 saturated carbocycles. The van der Waals surface area contributed by atoms with Crippen molar-refractivity contribution in [2.24, 2.45) is 10.9 Å². The molecule has 3 N–H and O–H groups in total. The monoisotopic (exact) mass is 376 g/mol. The number of carbonyl (C=O) groups is 1. The molecule has 1 aliphatic rings. The Balaban J connectivity index is 1.68. The highest BCUT2D eigenvalue weighted by Gasteiger charge is 2.21. The summed E-state index contributed by atoms with van der Waals surface area (Å²) in [4.78, 5) is 16.1. The lowest BCUT2D eigenvalue weighted by atomic mass is 9.84. The van der Waals surface area contributed by atoms with Crippen LogP contribution >= 0.6 is 0 Å². The molecule has 0 bridgehead atoms. The molecule has 0 aliphatic heterocycles. The van der Waals surface area contributed by atoms with Gasteiger partial charge in [0, 0.05) is 38.5 Å². The van der Waals surface area contributed by atoms with Crippen molar-refractivity contribution in [2.75, 3.05) is 26.7 Å². The number of nitrogens with zero attached hydrogens (tertiary/aromatic N) is 1. The van der Waals surface area contributed by atoms with E-state index in [9.17, 15) is 9.18 Å². The van der Waals surface area contributed by atoms with Gasteiger partial charge in [-0.1, -0.05) is 38.8 Å².